The molecule has 0 saturated heterocycles. The average Bonchev–Trinajstić information content (AvgIpc) is 2.10. The van der Waals surface area contributed by atoms with Gasteiger partial charge in [-0.25, -0.2) is 0 Å². The molecule has 0 atom stereocenters. The van der Waals surface area contributed by atoms with Crippen molar-refractivity contribution in [2.45, 2.75) is 26.1 Å². The third kappa shape index (κ3) is 3.15. The maximum atomic E-state index is 6.00. The second-order valence-electron chi connectivity index (χ2n) is 3.77. The summed E-state index contributed by atoms with van der Waals surface area (Å²) in [6, 6.07) is 4.01. The molecule has 14 heavy (non-hydrogen) atoms. The molecule has 1 aromatic rings. The van der Waals surface area contributed by atoms with Gasteiger partial charge < -0.3 is 0 Å². The van der Waals surface area contributed by atoms with Gasteiger partial charge in [-0.15, -0.1) is 11.6 Å². The van der Waals surface area contributed by atoms with Crippen molar-refractivity contribution >= 4 is 39.1 Å². The highest BCUT2D eigenvalue weighted by atomic mass is 79.9. The van der Waals surface area contributed by atoms with Crippen LogP contribution in [0.15, 0.2) is 16.6 Å². The molecule has 0 spiro atoms. The molecule has 0 radical (unpaired) electrons. The maximum absolute atomic E-state index is 6.00. The number of benzene rings is 1. The quantitative estimate of drug-likeness (QED) is 0.685. The largest absolute Gasteiger partial charge is 0.122 e. The van der Waals surface area contributed by atoms with Crippen molar-refractivity contribution in [2.75, 3.05) is 0 Å². The summed E-state index contributed by atoms with van der Waals surface area (Å²) in [4.78, 5) is 0. The van der Waals surface area contributed by atoms with Crippen LogP contribution in [-0.2, 0) is 12.3 Å². The van der Waals surface area contributed by atoms with Gasteiger partial charge in [0.25, 0.3) is 0 Å². The molecule has 1 rings (SSSR count). The number of hydrogen-bond donors (Lipinski definition) is 0. The van der Waals surface area contributed by atoms with E-state index in [1.54, 1.807) is 0 Å². The van der Waals surface area contributed by atoms with Crippen molar-refractivity contribution in [3.63, 3.8) is 0 Å². The molecule has 78 valence electrons. The lowest BCUT2D eigenvalue weighted by Crippen LogP contribution is -1.98. The first-order chi connectivity index (χ1) is 6.54. The van der Waals surface area contributed by atoms with Crippen LogP contribution in [0.25, 0.3) is 0 Å². The Balaban J connectivity index is 3.07. The standard InChI is InChI=1S/C11H13BrCl2/c1-7(2)3-8-4-10(12)11(14)5-9(8)6-13/h4-5,7H,3,6H2,1-2H3. The molecule has 0 aliphatic carbocycles. The molecule has 0 aromatic heterocycles. The highest BCUT2D eigenvalue weighted by Crippen LogP contribution is 2.28. The molecule has 3 heteroatoms. The molecular formula is C11H13BrCl2. The van der Waals surface area contributed by atoms with E-state index in [1.165, 1.54) is 5.56 Å². The van der Waals surface area contributed by atoms with Gasteiger partial charge in [-0.2, -0.15) is 0 Å². The molecule has 0 saturated carbocycles. The zero-order chi connectivity index (χ0) is 10.7. The molecule has 0 aliphatic rings. The van der Waals surface area contributed by atoms with Gasteiger partial charge in [0.05, 0.1) is 5.02 Å². The summed E-state index contributed by atoms with van der Waals surface area (Å²) in [5.41, 5.74) is 2.42. The van der Waals surface area contributed by atoms with E-state index in [9.17, 15) is 0 Å². The number of alkyl halides is 1. The van der Waals surface area contributed by atoms with Crippen LogP contribution >= 0.6 is 39.1 Å². The summed E-state index contributed by atoms with van der Waals surface area (Å²) in [5.74, 6) is 1.15. The summed E-state index contributed by atoms with van der Waals surface area (Å²) in [7, 11) is 0. The van der Waals surface area contributed by atoms with E-state index in [0.29, 0.717) is 11.8 Å². The van der Waals surface area contributed by atoms with Crippen LogP contribution in [0.3, 0.4) is 0 Å². The minimum absolute atomic E-state index is 0.523. The fourth-order valence-corrected chi connectivity index (χ4v) is 2.21. The summed E-state index contributed by atoms with van der Waals surface area (Å²) in [6.07, 6.45) is 1.04. The van der Waals surface area contributed by atoms with Gasteiger partial charge in [-0.3, -0.25) is 0 Å². The molecular weight excluding hydrogens is 283 g/mol. The van der Waals surface area contributed by atoms with Gasteiger partial charge in [0.2, 0.25) is 0 Å². The molecule has 1 aromatic carbocycles. The minimum Gasteiger partial charge on any atom is -0.122 e. The summed E-state index contributed by atoms with van der Waals surface area (Å²) >= 11 is 15.3. The van der Waals surface area contributed by atoms with Gasteiger partial charge in [0.15, 0.2) is 0 Å². The number of hydrogen-bond acceptors (Lipinski definition) is 0. The highest BCUT2D eigenvalue weighted by molar-refractivity contribution is 9.10. The second kappa shape index (κ2) is 5.39. The van der Waals surface area contributed by atoms with E-state index in [0.717, 1.165) is 21.5 Å². The van der Waals surface area contributed by atoms with Crippen molar-refractivity contribution in [3.8, 4) is 0 Å². The summed E-state index contributed by atoms with van der Waals surface area (Å²) in [5, 5.41) is 0.730. The van der Waals surface area contributed by atoms with Crippen LogP contribution < -0.4 is 0 Å². The maximum Gasteiger partial charge on any atom is 0.0551 e. The normalized spacial score (nSPS) is 11.0. The van der Waals surface area contributed by atoms with Crippen molar-refractivity contribution < 1.29 is 0 Å². The molecule has 0 unspecified atom stereocenters. The Kier molecular flexibility index (Phi) is 4.75. The molecule has 0 bridgehead atoms. The smallest absolute Gasteiger partial charge is 0.0551 e. The zero-order valence-electron chi connectivity index (χ0n) is 8.28. The third-order valence-corrected chi connectivity index (χ3v) is 3.50. The zero-order valence-corrected chi connectivity index (χ0v) is 11.4. The van der Waals surface area contributed by atoms with Crippen molar-refractivity contribution in [1.29, 1.82) is 0 Å². The van der Waals surface area contributed by atoms with Gasteiger partial charge in [0, 0.05) is 10.4 Å². The molecule has 0 N–H and O–H groups in total. The molecule has 0 aliphatic heterocycles. The van der Waals surface area contributed by atoms with E-state index < -0.39 is 0 Å². The van der Waals surface area contributed by atoms with Gasteiger partial charge in [-0.1, -0.05) is 25.4 Å². The van der Waals surface area contributed by atoms with Crippen molar-refractivity contribution in [3.05, 3.63) is 32.8 Å². The van der Waals surface area contributed by atoms with Crippen LogP contribution in [-0.4, -0.2) is 0 Å². The van der Waals surface area contributed by atoms with Crippen LogP contribution in [0.2, 0.25) is 5.02 Å². The average molecular weight is 296 g/mol. The molecule has 0 amide bonds. The Morgan fingerprint density at radius 2 is 1.93 bits per heavy atom. The van der Waals surface area contributed by atoms with Crippen molar-refractivity contribution in [1.82, 2.24) is 0 Å². The van der Waals surface area contributed by atoms with Crippen LogP contribution in [0, 0.1) is 5.92 Å². The van der Waals surface area contributed by atoms with Gasteiger partial charge >= 0.3 is 0 Å². The third-order valence-electron chi connectivity index (χ3n) is 2.01. The lowest BCUT2D eigenvalue weighted by Gasteiger charge is -2.11. The predicted octanol–water partition coefficient (Wildman–Crippen LogP) is 5.04. The Hall–Kier alpha value is 0.280. The highest BCUT2D eigenvalue weighted by Gasteiger charge is 2.07. The van der Waals surface area contributed by atoms with E-state index in [-0.39, 0.29) is 0 Å². The minimum atomic E-state index is 0.523. The van der Waals surface area contributed by atoms with Crippen LogP contribution in [0.1, 0.15) is 25.0 Å². The lowest BCUT2D eigenvalue weighted by molar-refractivity contribution is 0.644. The molecule has 0 fully saturated rings. The Bertz CT molecular complexity index is 321. The summed E-state index contributed by atoms with van der Waals surface area (Å²) in [6.45, 7) is 4.39. The fourth-order valence-electron chi connectivity index (χ4n) is 1.38. The number of rotatable bonds is 3. The fraction of sp³-hybridized carbons (Fsp3) is 0.455. The first kappa shape index (κ1) is 12.4. The Labute approximate surface area is 104 Å². The van der Waals surface area contributed by atoms with Crippen LogP contribution in [0.4, 0.5) is 0 Å². The van der Waals surface area contributed by atoms with E-state index in [1.807, 2.05) is 6.07 Å². The van der Waals surface area contributed by atoms with E-state index in [4.69, 9.17) is 23.2 Å². The molecule has 0 heterocycles. The topological polar surface area (TPSA) is 0 Å². The first-order valence-corrected chi connectivity index (χ1v) is 6.28. The SMILES string of the molecule is CC(C)Cc1cc(Br)c(Cl)cc1CCl. The van der Waals surface area contributed by atoms with Crippen molar-refractivity contribution in [2.24, 2.45) is 5.92 Å². The Morgan fingerprint density at radius 3 is 2.43 bits per heavy atom. The second-order valence-corrected chi connectivity index (χ2v) is 5.30. The van der Waals surface area contributed by atoms with Crippen LogP contribution in [0.5, 0.6) is 0 Å². The summed E-state index contributed by atoms with van der Waals surface area (Å²) < 4.78 is 0.948. The predicted molar refractivity (Wildman–Crippen MR) is 67.3 cm³/mol. The monoisotopic (exact) mass is 294 g/mol. The van der Waals surface area contributed by atoms with E-state index in [2.05, 4.69) is 35.8 Å². The van der Waals surface area contributed by atoms with Gasteiger partial charge in [0.1, 0.15) is 0 Å². The molecule has 0 nitrogen and oxygen atoms in total. The lowest BCUT2D eigenvalue weighted by atomic mass is 9.99. The number of halogens is 3. The first-order valence-electron chi connectivity index (χ1n) is 4.57. The Morgan fingerprint density at radius 1 is 1.29 bits per heavy atom. The van der Waals surface area contributed by atoms with E-state index >= 15 is 0 Å². The van der Waals surface area contributed by atoms with Gasteiger partial charge in [-0.05, 0) is 51.5 Å².